The first-order valence-electron chi connectivity index (χ1n) is 4.71. The summed E-state index contributed by atoms with van der Waals surface area (Å²) < 4.78 is 1.92. The van der Waals surface area contributed by atoms with Crippen LogP contribution in [0.2, 0.25) is 0 Å². The third kappa shape index (κ3) is 2.68. The van der Waals surface area contributed by atoms with Gasteiger partial charge in [-0.05, 0) is 27.2 Å². The summed E-state index contributed by atoms with van der Waals surface area (Å²) in [7, 11) is 0. The SMILES string of the molecule is CCC(C)=Nc1cnn(C(C)C)c1. The predicted octanol–water partition coefficient (Wildman–Crippen LogP) is 2.97. The molecule has 0 atom stereocenters. The molecule has 3 heteroatoms. The number of nitrogens with zero attached hydrogens (tertiary/aromatic N) is 3. The highest BCUT2D eigenvalue weighted by atomic mass is 15.3. The van der Waals surface area contributed by atoms with Crippen LogP contribution < -0.4 is 0 Å². The lowest BCUT2D eigenvalue weighted by molar-refractivity contribution is 0.532. The summed E-state index contributed by atoms with van der Waals surface area (Å²) in [5, 5.41) is 4.21. The van der Waals surface area contributed by atoms with Crippen LogP contribution in [-0.2, 0) is 0 Å². The van der Waals surface area contributed by atoms with Crippen LogP contribution in [0.4, 0.5) is 5.69 Å². The molecule has 0 unspecified atom stereocenters. The second kappa shape index (κ2) is 4.21. The number of hydrogen-bond donors (Lipinski definition) is 0. The van der Waals surface area contributed by atoms with Crippen molar-refractivity contribution in [3.8, 4) is 0 Å². The minimum absolute atomic E-state index is 0.408. The Morgan fingerprint density at radius 2 is 2.31 bits per heavy atom. The molecule has 0 N–H and O–H groups in total. The van der Waals surface area contributed by atoms with E-state index in [0.29, 0.717) is 6.04 Å². The normalized spacial score (nSPS) is 12.5. The zero-order valence-corrected chi connectivity index (χ0v) is 8.78. The Hall–Kier alpha value is -1.12. The van der Waals surface area contributed by atoms with Gasteiger partial charge in [0.05, 0.1) is 12.4 Å². The summed E-state index contributed by atoms with van der Waals surface area (Å²) in [5.41, 5.74) is 2.09. The molecule has 3 nitrogen and oxygen atoms in total. The van der Waals surface area contributed by atoms with Crippen molar-refractivity contribution in [2.24, 2.45) is 4.99 Å². The molecule has 0 fully saturated rings. The largest absolute Gasteiger partial charge is 0.268 e. The van der Waals surface area contributed by atoms with Crippen molar-refractivity contribution < 1.29 is 0 Å². The van der Waals surface area contributed by atoms with Gasteiger partial charge in [-0.25, -0.2) is 0 Å². The van der Waals surface area contributed by atoms with Gasteiger partial charge in [-0.15, -0.1) is 0 Å². The Bertz CT molecular complexity index is 297. The van der Waals surface area contributed by atoms with E-state index >= 15 is 0 Å². The Kier molecular flexibility index (Phi) is 3.23. The van der Waals surface area contributed by atoms with Crippen molar-refractivity contribution in [3.05, 3.63) is 12.4 Å². The minimum Gasteiger partial charge on any atom is -0.268 e. The highest BCUT2D eigenvalue weighted by molar-refractivity contribution is 5.84. The van der Waals surface area contributed by atoms with Gasteiger partial charge < -0.3 is 0 Å². The smallest absolute Gasteiger partial charge is 0.101 e. The molecule has 1 rings (SSSR count). The Balaban J connectivity index is 2.80. The summed E-state index contributed by atoms with van der Waals surface area (Å²) in [5.74, 6) is 0. The highest BCUT2D eigenvalue weighted by Gasteiger charge is 1.99. The summed E-state index contributed by atoms with van der Waals surface area (Å²) in [4.78, 5) is 4.41. The van der Waals surface area contributed by atoms with Crippen LogP contribution in [0.1, 0.15) is 40.2 Å². The number of aliphatic imine (C=N–C) groups is 1. The van der Waals surface area contributed by atoms with Crippen LogP contribution >= 0.6 is 0 Å². The van der Waals surface area contributed by atoms with E-state index in [1.54, 1.807) is 6.20 Å². The van der Waals surface area contributed by atoms with Crippen molar-refractivity contribution in [1.29, 1.82) is 0 Å². The Morgan fingerprint density at radius 1 is 1.62 bits per heavy atom. The molecule has 1 aromatic rings. The standard InChI is InChI=1S/C10H17N3/c1-5-9(4)12-10-6-11-13(7-10)8(2)3/h6-8H,5H2,1-4H3. The van der Waals surface area contributed by atoms with Crippen LogP contribution in [0.3, 0.4) is 0 Å². The summed E-state index contributed by atoms with van der Waals surface area (Å²) >= 11 is 0. The van der Waals surface area contributed by atoms with Gasteiger partial charge in [0.2, 0.25) is 0 Å². The maximum absolute atomic E-state index is 4.41. The van der Waals surface area contributed by atoms with Gasteiger partial charge >= 0.3 is 0 Å². The first-order chi connectivity index (χ1) is 6.13. The summed E-state index contributed by atoms with van der Waals surface area (Å²) in [6.45, 7) is 8.35. The fourth-order valence-corrected chi connectivity index (χ4v) is 0.968. The van der Waals surface area contributed by atoms with Crippen molar-refractivity contribution in [2.75, 3.05) is 0 Å². The second-order valence-corrected chi connectivity index (χ2v) is 3.47. The van der Waals surface area contributed by atoms with Gasteiger partial charge in [0.15, 0.2) is 0 Å². The van der Waals surface area contributed by atoms with E-state index in [9.17, 15) is 0 Å². The molecule has 0 aliphatic heterocycles. The fraction of sp³-hybridized carbons (Fsp3) is 0.600. The second-order valence-electron chi connectivity index (χ2n) is 3.47. The van der Waals surface area contributed by atoms with Crippen LogP contribution in [0.25, 0.3) is 0 Å². The van der Waals surface area contributed by atoms with E-state index in [0.717, 1.165) is 17.8 Å². The Labute approximate surface area is 79.5 Å². The molecule has 0 bridgehead atoms. The molecule has 0 aromatic carbocycles. The summed E-state index contributed by atoms with van der Waals surface area (Å²) in [6, 6.07) is 0.408. The van der Waals surface area contributed by atoms with Crippen LogP contribution in [-0.4, -0.2) is 15.5 Å². The van der Waals surface area contributed by atoms with E-state index < -0.39 is 0 Å². The maximum Gasteiger partial charge on any atom is 0.101 e. The third-order valence-corrected chi connectivity index (χ3v) is 1.95. The number of hydrogen-bond acceptors (Lipinski definition) is 2. The first kappa shape index (κ1) is 9.96. The molecule has 0 saturated heterocycles. The van der Waals surface area contributed by atoms with Gasteiger partial charge in [0.25, 0.3) is 0 Å². The van der Waals surface area contributed by atoms with Crippen molar-refractivity contribution >= 4 is 11.4 Å². The average molecular weight is 179 g/mol. The van der Waals surface area contributed by atoms with Gasteiger partial charge in [0.1, 0.15) is 5.69 Å². The van der Waals surface area contributed by atoms with Gasteiger partial charge in [-0.2, -0.15) is 5.10 Å². The quantitative estimate of drug-likeness (QED) is 0.656. The van der Waals surface area contributed by atoms with Crippen LogP contribution in [0.5, 0.6) is 0 Å². The van der Waals surface area contributed by atoms with Crippen molar-refractivity contribution in [2.45, 2.75) is 40.2 Å². The van der Waals surface area contributed by atoms with Crippen LogP contribution in [0, 0.1) is 0 Å². The van der Waals surface area contributed by atoms with E-state index in [1.165, 1.54) is 0 Å². The molecule has 1 heterocycles. The van der Waals surface area contributed by atoms with E-state index in [-0.39, 0.29) is 0 Å². The molecular weight excluding hydrogens is 162 g/mol. The lowest BCUT2D eigenvalue weighted by atomic mass is 10.3. The molecule has 0 saturated carbocycles. The Morgan fingerprint density at radius 3 is 2.77 bits per heavy atom. The maximum atomic E-state index is 4.41. The highest BCUT2D eigenvalue weighted by Crippen LogP contribution is 2.13. The summed E-state index contributed by atoms with van der Waals surface area (Å²) in [6.07, 6.45) is 4.77. The molecule has 0 amide bonds. The third-order valence-electron chi connectivity index (χ3n) is 1.95. The first-order valence-corrected chi connectivity index (χ1v) is 4.71. The zero-order chi connectivity index (χ0) is 9.84. The lowest BCUT2D eigenvalue weighted by Crippen LogP contribution is -1.99. The molecule has 0 aliphatic carbocycles. The van der Waals surface area contributed by atoms with E-state index in [4.69, 9.17) is 0 Å². The van der Waals surface area contributed by atoms with Crippen molar-refractivity contribution in [3.63, 3.8) is 0 Å². The van der Waals surface area contributed by atoms with E-state index in [2.05, 4.69) is 30.9 Å². The zero-order valence-electron chi connectivity index (χ0n) is 8.78. The van der Waals surface area contributed by atoms with Gasteiger partial charge in [-0.1, -0.05) is 6.92 Å². The molecule has 13 heavy (non-hydrogen) atoms. The molecule has 72 valence electrons. The van der Waals surface area contributed by atoms with Gasteiger partial charge in [-0.3, -0.25) is 9.67 Å². The molecule has 0 aliphatic rings. The predicted molar refractivity (Wildman–Crippen MR) is 55.7 cm³/mol. The fourth-order valence-electron chi connectivity index (χ4n) is 0.968. The van der Waals surface area contributed by atoms with E-state index in [1.807, 2.05) is 17.8 Å². The molecule has 0 spiro atoms. The molecule has 1 aromatic heterocycles. The molecule has 0 radical (unpaired) electrons. The van der Waals surface area contributed by atoms with Gasteiger partial charge in [0, 0.05) is 11.8 Å². The monoisotopic (exact) mass is 179 g/mol. The average Bonchev–Trinajstić information content (AvgIpc) is 2.52. The van der Waals surface area contributed by atoms with Crippen LogP contribution in [0.15, 0.2) is 17.4 Å². The minimum atomic E-state index is 0.408. The topological polar surface area (TPSA) is 30.2 Å². The molecular formula is C10H17N3. The number of aromatic nitrogens is 2. The van der Waals surface area contributed by atoms with Crippen molar-refractivity contribution in [1.82, 2.24) is 9.78 Å². The lowest BCUT2D eigenvalue weighted by Gasteiger charge is -2.02. The number of rotatable bonds is 3.